The van der Waals surface area contributed by atoms with E-state index >= 15 is 0 Å². The summed E-state index contributed by atoms with van der Waals surface area (Å²) < 4.78 is 5.16. The Bertz CT molecular complexity index is 967. The fourth-order valence-electron chi connectivity index (χ4n) is 2.61. The third kappa shape index (κ3) is 3.49. The lowest BCUT2D eigenvalue weighted by Gasteiger charge is -2.13. The second kappa shape index (κ2) is 7.23. The maximum absolute atomic E-state index is 12.6. The lowest BCUT2D eigenvalue weighted by Crippen LogP contribution is -2.38. The van der Waals surface area contributed by atoms with Crippen molar-refractivity contribution in [3.8, 4) is 17.0 Å². The molecule has 0 aliphatic carbocycles. The van der Waals surface area contributed by atoms with Crippen molar-refractivity contribution in [2.45, 2.75) is 13.0 Å². The topological polar surface area (TPSA) is 88.5 Å². The van der Waals surface area contributed by atoms with Crippen LogP contribution in [-0.4, -0.2) is 35.1 Å². The number of carboxylic acids is 1. The number of hydrogen-bond acceptors (Lipinski definition) is 4. The van der Waals surface area contributed by atoms with Gasteiger partial charge in [-0.05, 0) is 43.3 Å². The molecule has 1 amide bonds. The Hall–Kier alpha value is -3.41. The number of nitrogens with one attached hydrogen (secondary N) is 1. The number of amides is 1. The number of carbonyl (C=O) groups is 2. The van der Waals surface area contributed by atoms with Gasteiger partial charge < -0.3 is 15.2 Å². The summed E-state index contributed by atoms with van der Waals surface area (Å²) in [6.07, 6.45) is 0. The monoisotopic (exact) mass is 350 g/mol. The zero-order valence-electron chi connectivity index (χ0n) is 14.4. The van der Waals surface area contributed by atoms with Crippen molar-refractivity contribution < 1.29 is 19.4 Å². The van der Waals surface area contributed by atoms with Crippen molar-refractivity contribution in [3.63, 3.8) is 0 Å². The maximum Gasteiger partial charge on any atom is 0.325 e. The summed E-state index contributed by atoms with van der Waals surface area (Å²) in [4.78, 5) is 28.3. The van der Waals surface area contributed by atoms with Crippen molar-refractivity contribution in [3.05, 3.63) is 60.2 Å². The molecule has 0 spiro atoms. The van der Waals surface area contributed by atoms with Crippen LogP contribution in [0.15, 0.2) is 54.6 Å². The highest BCUT2D eigenvalue weighted by Gasteiger charge is 2.18. The summed E-state index contributed by atoms with van der Waals surface area (Å²) in [5.74, 6) is -0.817. The van der Waals surface area contributed by atoms with E-state index in [1.165, 1.54) is 6.92 Å². The standard InChI is InChI=1S/C20H18N2O4/c1-12(20(24)25)21-19(23)16-11-18(13-7-9-14(26-2)10-8-13)22-17-6-4-3-5-15(16)17/h3-12H,1-2H3,(H,21,23)(H,24,25)/t12-/m1/s1. The van der Waals surface area contributed by atoms with Gasteiger partial charge in [0.1, 0.15) is 11.8 Å². The number of aliphatic carboxylic acids is 1. The Morgan fingerprint density at radius 3 is 2.46 bits per heavy atom. The molecule has 26 heavy (non-hydrogen) atoms. The summed E-state index contributed by atoms with van der Waals surface area (Å²) in [6.45, 7) is 1.42. The van der Waals surface area contributed by atoms with Crippen LogP contribution in [-0.2, 0) is 4.79 Å². The predicted molar refractivity (Wildman–Crippen MR) is 98.3 cm³/mol. The van der Waals surface area contributed by atoms with E-state index in [9.17, 15) is 9.59 Å². The number of hydrogen-bond donors (Lipinski definition) is 2. The minimum atomic E-state index is -1.09. The first kappa shape index (κ1) is 17.4. The molecule has 2 N–H and O–H groups in total. The highest BCUT2D eigenvalue weighted by atomic mass is 16.5. The van der Waals surface area contributed by atoms with Crippen LogP contribution in [0.2, 0.25) is 0 Å². The smallest absolute Gasteiger partial charge is 0.325 e. The van der Waals surface area contributed by atoms with Crippen LogP contribution in [0.1, 0.15) is 17.3 Å². The second-order valence-electron chi connectivity index (χ2n) is 5.83. The zero-order valence-corrected chi connectivity index (χ0v) is 14.4. The largest absolute Gasteiger partial charge is 0.497 e. The number of benzene rings is 2. The fraction of sp³-hybridized carbons (Fsp3) is 0.150. The summed E-state index contributed by atoms with van der Waals surface area (Å²) in [5, 5.41) is 12.2. The molecular weight excluding hydrogens is 332 g/mol. The van der Waals surface area contributed by atoms with Gasteiger partial charge in [-0.2, -0.15) is 0 Å². The average Bonchev–Trinajstić information content (AvgIpc) is 2.67. The molecule has 6 nitrogen and oxygen atoms in total. The van der Waals surface area contributed by atoms with Gasteiger partial charge in [0.2, 0.25) is 0 Å². The number of carbonyl (C=O) groups excluding carboxylic acids is 1. The van der Waals surface area contributed by atoms with Gasteiger partial charge in [-0.15, -0.1) is 0 Å². The Kier molecular flexibility index (Phi) is 4.84. The minimum Gasteiger partial charge on any atom is -0.497 e. The van der Waals surface area contributed by atoms with Crippen LogP contribution in [0.4, 0.5) is 0 Å². The number of aromatic nitrogens is 1. The van der Waals surface area contributed by atoms with Crippen molar-refractivity contribution in [1.29, 1.82) is 0 Å². The Morgan fingerprint density at radius 2 is 1.81 bits per heavy atom. The molecule has 3 aromatic rings. The molecule has 2 aromatic carbocycles. The van der Waals surface area contributed by atoms with Gasteiger partial charge in [0, 0.05) is 10.9 Å². The van der Waals surface area contributed by atoms with Crippen LogP contribution >= 0.6 is 0 Å². The summed E-state index contributed by atoms with van der Waals surface area (Å²) in [7, 11) is 1.59. The number of pyridine rings is 1. The van der Waals surface area contributed by atoms with Crippen molar-refractivity contribution in [1.82, 2.24) is 10.3 Å². The molecule has 1 heterocycles. The third-order valence-corrected chi connectivity index (χ3v) is 4.06. The zero-order chi connectivity index (χ0) is 18.7. The summed E-state index contributed by atoms with van der Waals surface area (Å²) >= 11 is 0. The van der Waals surface area contributed by atoms with Gasteiger partial charge in [0.05, 0.1) is 23.9 Å². The molecule has 0 unspecified atom stereocenters. The van der Waals surface area contributed by atoms with Crippen LogP contribution in [0.3, 0.4) is 0 Å². The number of nitrogens with zero attached hydrogens (tertiary/aromatic N) is 1. The molecule has 1 aromatic heterocycles. The molecule has 0 radical (unpaired) electrons. The van der Waals surface area contributed by atoms with Gasteiger partial charge in [-0.1, -0.05) is 18.2 Å². The third-order valence-electron chi connectivity index (χ3n) is 4.06. The molecule has 132 valence electrons. The average molecular weight is 350 g/mol. The molecule has 0 saturated heterocycles. The summed E-state index contributed by atoms with van der Waals surface area (Å²) in [6, 6.07) is 15.3. The lowest BCUT2D eigenvalue weighted by molar-refractivity contribution is -0.138. The van der Waals surface area contributed by atoms with E-state index in [-0.39, 0.29) is 0 Å². The minimum absolute atomic E-state index is 0.384. The van der Waals surface area contributed by atoms with Crippen LogP contribution < -0.4 is 10.1 Å². The number of methoxy groups -OCH3 is 1. The van der Waals surface area contributed by atoms with Crippen molar-refractivity contribution in [2.75, 3.05) is 7.11 Å². The van der Waals surface area contributed by atoms with Gasteiger partial charge in [-0.25, -0.2) is 4.98 Å². The molecular formula is C20H18N2O4. The number of carboxylic acid groups (broad SMARTS) is 1. The van der Waals surface area contributed by atoms with E-state index in [1.54, 1.807) is 19.2 Å². The highest BCUT2D eigenvalue weighted by Crippen LogP contribution is 2.26. The van der Waals surface area contributed by atoms with E-state index in [2.05, 4.69) is 10.3 Å². The first-order chi connectivity index (χ1) is 12.5. The van der Waals surface area contributed by atoms with E-state index in [0.717, 1.165) is 11.3 Å². The van der Waals surface area contributed by atoms with Crippen molar-refractivity contribution in [2.24, 2.45) is 0 Å². The molecule has 0 fully saturated rings. The summed E-state index contributed by atoms with van der Waals surface area (Å²) in [5.41, 5.74) is 2.50. The van der Waals surface area contributed by atoms with E-state index in [1.807, 2.05) is 42.5 Å². The van der Waals surface area contributed by atoms with Gasteiger partial charge in [0.25, 0.3) is 5.91 Å². The lowest BCUT2D eigenvalue weighted by atomic mass is 10.0. The maximum atomic E-state index is 12.6. The SMILES string of the molecule is COc1ccc(-c2cc(C(=O)N[C@H](C)C(=O)O)c3ccccc3n2)cc1. The quantitative estimate of drug-likeness (QED) is 0.738. The number of fused-ring (bicyclic) bond motifs is 1. The predicted octanol–water partition coefficient (Wildman–Crippen LogP) is 3.11. The van der Waals surface area contributed by atoms with Gasteiger partial charge in [-0.3, -0.25) is 9.59 Å². The molecule has 1 atom stereocenters. The van der Waals surface area contributed by atoms with E-state index < -0.39 is 17.9 Å². The molecule has 0 saturated carbocycles. The van der Waals surface area contributed by atoms with Crippen LogP contribution in [0.25, 0.3) is 22.2 Å². The Labute approximate surface area is 150 Å². The first-order valence-electron chi connectivity index (χ1n) is 8.07. The molecule has 0 aliphatic heterocycles. The van der Waals surface area contributed by atoms with Crippen LogP contribution in [0, 0.1) is 0 Å². The van der Waals surface area contributed by atoms with E-state index in [0.29, 0.717) is 22.2 Å². The van der Waals surface area contributed by atoms with Gasteiger partial charge in [0.15, 0.2) is 0 Å². The second-order valence-corrected chi connectivity index (χ2v) is 5.83. The number of ether oxygens (including phenoxy) is 1. The number of para-hydroxylation sites is 1. The number of rotatable bonds is 5. The van der Waals surface area contributed by atoms with Crippen LogP contribution in [0.5, 0.6) is 5.75 Å². The molecule has 6 heteroatoms. The fourth-order valence-corrected chi connectivity index (χ4v) is 2.61. The van der Waals surface area contributed by atoms with E-state index in [4.69, 9.17) is 9.84 Å². The Morgan fingerprint density at radius 1 is 1.12 bits per heavy atom. The normalized spacial score (nSPS) is 11.8. The molecule has 0 aliphatic rings. The molecule has 3 rings (SSSR count). The van der Waals surface area contributed by atoms with Crippen molar-refractivity contribution >= 4 is 22.8 Å². The highest BCUT2D eigenvalue weighted by molar-refractivity contribution is 6.08. The molecule has 0 bridgehead atoms. The Balaban J connectivity index is 2.08. The first-order valence-corrected chi connectivity index (χ1v) is 8.07. The van der Waals surface area contributed by atoms with Gasteiger partial charge >= 0.3 is 5.97 Å².